The van der Waals surface area contributed by atoms with E-state index in [2.05, 4.69) is 198 Å². The first-order chi connectivity index (χ1) is 26.0. The number of allylic oxidation sites excluding steroid dienone is 8. The van der Waals surface area contributed by atoms with Crippen LogP contribution in [0.4, 0.5) is 0 Å². The molecule has 0 aliphatic heterocycles. The van der Waals surface area contributed by atoms with E-state index in [9.17, 15) is 0 Å². The summed E-state index contributed by atoms with van der Waals surface area (Å²) in [6, 6.07) is 61.3. The normalized spacial score (nSPS) is 14.2. The minimum absolute atomic E-state index is 0. The van der Waals surface area contributed by atoms with Crippen LogP contribution in [0.2, 0.25) is 0 Å². The molecule has 0 unspecified atom stereocenters. The van der Waals surface area contributed by atoms with Crippen LogP contribution in [0.5, 0.6) is 0 Å². The second kappa shape index (κ2) is 19.9. The van der Waals surface area contributed by atoms with Gasteiger partial charge in [-0.15, -0.1) is 0 Å². The maximum Gasteiger partial charge on any atom is 3.00 e. The Morgan fingerprint density at radius 1 is 0.333 bits per heavy atom. The number of hydrogen-bond donors (Lipinski definition) is 0. The van der Waals surface area contributed by atoms with E-state index in [1.165, 1.54) is 89.1 Å². The molecule has 0 bridgehead atoms. The molecule has 1 nitrogen and oxygen atoms in total. The van der Waals surface area contributed by atoms with E-state index in [1.54, 1.807) is 0 Å². The quantitative estimate of drug-likeness (QED) is 0.0994. The number of ether oxygens (including phenoxy) is 1. The molecule has 2 heteroatoms. The minimum Gasteiger partial charge on any atom is -0.372 e. The minimum atomic E-state index is 0. The molecule has 285 valence electrons. The molecular weight excluding hydrogens is 724 g/mol. The second-order valence-corrected chi connectivity index (χ2v) is 14.5. The third kappa shape index (κ3) is 8.63. The molecular formula is C55H55OTi. The van der Waals surface area contributed by atoms with Gasteiger partial charge in [0.15, 0.2) is 0 Å². The summed E-state index contributed by atoms with van der Waals surface area (Å²) in [5.41, 5.74) is 21.1. The monoisotopic (exact) mass is 779 g/mol. The summed E-state index contributed by atoms with van der Waals surface area (Å²) in [7, 11) is 0. The van der Waals surface area contributed by atoms with Crippen LogP contribution in [0.3, 0.4) is 0 Å². The van der Waals surface area contributed by atoms with Crippen molar-refractivity contribution in [3.63, 3.8) is 0 Å². The fourth-order valence-corrected chi connectivity index (χ4v) is 9.02. The topological polar surface area (TPSA) is 9.23 Å². The average molecular weight is 780 g/mol. The Morgan fingerprint density at radius 3 is 0.825 bits per heavy atom. The van der Waals surface area contributed by atoms with Gasteiger partial charge in [-0.2, -0.15) is 0 Å². The summed E-state index contributed by atoms with van der Waals surface area (Å²) in [4.78, 5) is 0. The van der Waals surface area contributed by atoms with Crippen molar-refractivity contribution in [3.8, 4) is 0 Å². The number of rotatable bonds is 10. The van der Waals surface area contributed by atoms with Crippen molar-refractivity contribution < 1.29 is 26.5 Å². The molecule has 0 atom stereocenters. The van der Waals surface area contributed by atoms with Crippen molar-refractivity contribution in [1.29, 1.82) is 0 Å². The van der Waals surface area contributed by atoms with Gasteiger partial charge in [0.25, 0.3) is 0 Å². The summed E-state index contributed by atoms with van der Waals surface area (Å²) in [6.45, 7) is 10.4. The Kier molecular flexibility index (Phi) is 15.6. The zero-order chi connectivity index (χ0) is 36.3. The van der Waals surface area contributed by atoms with Crippen molar-refractivity contribution >= 4 is 22.3 Å². The summed E-state index contributed by atoms with van der Waals surface area (Å²) in [5, 5.41) is 0. The molecule has 0 aromatic heterocycles. The predicted molar refractivity (Wildman–Crippen MR) is 242 cm³/mol. The SMILES string of the molecule is CC1=C(c2ccccc2)C(c2ccccc2)=C(C)C1c1ccccc1COCc1ccccc1C1C(C)=C(c2ccccc2)C(c2ccccc2)=C1C.[CH3-].[CH3-].[CH3-].[Ti+3]. The molecule has 2 aliphatic rings. The molecule has 8 rings (SSSR count). The molecule has 2 aliphatic carbocycles. The largest absolute Gasteiger partial charge is 3.00 e. The molecule has 0 N–H and O–H groups in total. The smallest absolute Gasteiger partial charge is 0.372 e. The zero-order valence-corrected chi connectivity index (χ0v) is 36.2. The second-order valence-electron chi connectivity index (χ2n) is 14.5. The Hall–Kier alpha value is -5.05. The van der Waals surface area contributed by atoms with Gasteiger partial charge in [0.05, 0.1) is 13.2 Å². The average Bonchev–Trinajstić information content (AvgIpc) is 3.63. The standard InChI is InChI=1S/C52H46O.3CH3.Ti/c1-35-47(36(2)50(40-23-11-6-12-24-40)49(35)39-21-9-5-10-22-39)45-31-19-17-29-43(45)33-53-34-44-30-18-20-32-46(44)48-37(3)51(41-25-13-7-14-26-41)52(38(48)4)42-27-15-8-16-28-42;;;;/h5-32,47-48H,33-34H2,1-4H3;3*1H3;/q;3*-1;+3. The van der Waals surface area contributed by atoms with Crippen molar-refractivity contribution in [2.24, 2.45) is 0 Å². The maximum absolute atomic E-state index is 6.73. The fourth-order valence-electron chi connectivity index (χ4n) is 9.02. The van der Waals surface area contributed by atoms with Crippen LogP contribution in [0.15, 0.2) is 192 Å². The Bertz CT molecular complexity index is 2090. The number of hydrogen-bond acceptors (Lipinski definition) is 1. The van der Waals surface area contributed by atoms with E-state index in [4.69, 9.17) is 4.74 Å². The van der Waals surface area contributed by atoms with E-state index in [-0.39, 0.29) is 55.8 Å². The van der Waals surface area contributed by atoms with Gasteiger partial charge < -0.3 is 27.0 Å². The molecule has 0 fully saturated rings. The zero-order valence-electron chi connectivity index (χ0n) is 34.6. The van der Waals surface area contributed by atoms with E-state index in [1.807, 2.05) is 0 Å². The number of benzene rings is 6. The molecule has 1 radical (unpaired) electrons. The van der Waals surface area contributed by atoms with E-state index in [0.717, 1.165) is 0 Å². The van der Waals surface area contributed by atoms with Gasteiger partial charge in [-0.3, -0.25) is 0 Å². The van der Waals surface area contributed by atoms with Gasteiger partial charge in [0, 0.05) is 11.8 Å². The molecule has 0 amide bonds. The molecule has 0 spiro atoms. The van der Waals surface area contributed by atoms with Crippen molar-refractivity contribution in [2.45, 2.75) is 52.7 Å². The Labute approximate surface area is 358 Å². The van der Waals surface area contributed by atoms with Crippen LogP contribution in [-0.2, 0) is 39.7 Å². The van der Waals surface area contributed by atoms with Crippen LogP contribution < -0.4 is 0 Å². The van der Waals surface area contributed by atoms with Crippen molar-refractivity contribution in [1.82, 2.24) is 0 Å². The van der Waals surface area contributed by atoms with Crippen LogP contribution in [-0.4, -0.2) is 0 Å². The molecule has 57 heavy (non-hydrogen) atoms. The van der Waals surface area contributed by atoms with Crippen molar-refractivity contribution in [3.05, 3.63) is 259 Å². The van der Waals surface area contributed by atoms with E-state index >= 15 is 0 Å². The van der Waals surface area contributed by atoms with Gasteiger partial charge >= 0.3 is 21.7 Å². The predicted octanol–water partition coefficient (Wildman–Crippen LogP) is 14.8. The maximum atomic E-state index is 6.73. The Morgan fingerprint density at radius 2 is 0.561 bits per heavy atom. The van der Waals surface area contributed by atoms with E-state index < -0.39 is 0 Å². The van der Waals surface area contributed by atoms with Crippen molar-refractivity contribution in [2.75, 3.05) is 0 Å². The van der Waals surface area contributed by atoms with Crippen LogP contribution >= 0.6 is 0 Å². The first kappa shape index (κ1) is 44.7. The molecule has 0 saturated heterocycles. The summed E-state index contributed by atoms with van der Waals surface area (Å²) in [6.07, 6.45) is 0. The van der Waals surface area contributed by atoms with Gasteiger partial charge in [-0.1, -0.05) is 192 Å². The first-order valence-electron chi connectivity index (χ1n) is 18.8. The third-order valence-electron chi connectivity index (χ3n) is 11.3. The third-order valence-corrected chi connectivity index (χ3v) is 11.3. The first-order valence-corrected chi connectivity index (χ1v) is 18.8. The van der Waals surface area contributed by atoms with Gasteiger partial charge in [0.2, 0.25) is 0 Å². The fraction of sp³-hybridized carbons (Fsp3) is 0.145. The molecule has 6 aromatic carbocycles. The summed E-state index contributed by atoms with van der Waals surface area (Å²) >= 11 is 0. The van der Waals surface area contributed by atoms with Crippen LogP contribution in [0, 0.1) is 22.3 Å². The molecule has 0 saturated carbocycles. The van der Waals surface area contributed by atoms with Gasteiger partial charge in [0.1, 0.15) is 0 Å². The Balaban J connectivity index is 0.00000180. The van der Waals surface area contributed by atoms with Crippen LogP contribution in [0.25, 0.3) is 22.3 Å². The van der Waals surface area contributed by atoms with Crippen LogP contribution in [0.1, 0.15) is 84.0 Å². The van der Waals surface area contributed by atoms with Gasteiger partial charge in [-0.25, -0.2) is 0 Å². The summed E-state index contributed by atoms with van der Waals surface area (Å²) < 4.78 is 6.73. The van der Waals surface area contributed by atoms with Gasteiger partial charge in [-0.05, 0) is 94.5 Å². The van der Waals surface area contributed by atoms with E-state index in [0.29, 0.717) is 13.2 Å². The summed E-state index contributed by atoms with van der Waals surface area (Å²) in [5.74, 6) is 0.360. The molecule has 0 heterocycles. The molecule has 6 aromatic rings.